The van der Waals surface area contributed by atoms with Crippen LogP contribution in [0.2, 0.25) is 0 Å². The number of halogens is 1. The van der Waals surface area contributed by atoms with Crippen LogP contribution >= 0.6 is 0 Å². The van der Waals surface area contributed by atoms with Gasteiger partial charge in [0.25, 0.3) is 11.5 Å². The van der Waals surface area contributed by atoms with Crippen molar-refractivity contribution >= 4 is 16.8 Å². The van der Waals surface area contributed by atoms with E-state index in [2.05, 4.69) is 10.3 Å². The number of ether oxygens (including phenoxy) is 1. The van der Waals surface area contributed by atoms with Gasteiger partial charge in [0.15, 0.2) is 0 Å². The van der Waals surface area contributed by atoms with Gasteiger partial charge >= 0.3 is 0 Å². The molecule has 0 bridgehead atoms. The maximum absolute atomic E-state index is 14.5. The van der Waals surface area contributed by atoms with Crippen LogP contribution in [0.25, 0.3) is 27.8 Å². The van der Waals surface area contributed by atoms with Gasteiger partial charge in [-0.2, -0.15) is 0 Å². The highest BCUT2D eigenvalue weighted by Gasteiger charge is 2.24. The fraction of sp³-hybridized carbons (Fsp3) is 0.250. The van der Waals surface area contributed by atoms with E-state index in [9.17, 15) is 14.1 Å². The minimum atomic E-state index is -0.794. The van der Waals surface area contributed by atoms with Crippen LogP contribution in [0.1, 0.15) is 23.2 Å². The molecule has 0 saturated carbocycles. The largest absolute Gasteiger partial charge is 0.380 e. The van der Waals surface area contributed by atoms with Crippen molar-refractivity contribution in [3.8, 4) is 16.9 Å². The van der Waals surface area contributed by atoms with Crippen molar-refractivity contribution in [1.82, 2.24) is 24.7 Å². The Bertz CT molecular complexity index is 1380. The van der Waals surface area contributed by atoms with Gasteiger partial charge in [-0.3, -0.25) is 9.59 Å². The SMILES string of the molecule is CO[C@@H]1CCCN(C(=O)c2ccc(-n3cc(-c4cc5ccccc5n(F)c4=O)nn3)cc2)C1. The standard InChI is InChI=1S/C24H22FN5O3/c1-33-19-6-4-12-28(14-19)23(31)16-8-10-18(11-9-16)29-15-21(26-27-29)20-13-17-5-2-3-7-22(17)30(25)24(20)32/h2-3,5,7-11,13,15,19H,4,6,12,14H2,1H3/t19-/m1/s1. The van der Waals surface area contributed by atoms with Gasteiger partial charge in [-0.05, 0) is 49.2 Å². The number of fused-ring (bicyclic) bond motifs is 1. The second-order valence-electron chi connectivity index (χ2n) is 8.05. The van der Waals surface area contributed by atoms with Crippen LogP contribution in [0.4, 0.5) is 4.48 Å². The molecule has 0 N–H and O–H groups in total. The molecule has 0 spiro atoms. The summed E-state index contributed by atoms with van der Waals surface area (Å²) < 4.78 is 21.4. The lowest BCUT2D eigenvalue weighted by Gasteiger charge is -2.32. The van der Waals surface area contributed by atoms with Crippen LogP contribution in [0.3, 0.4) is 0 Å². The van der Waals surface area contributed by atoms with Crippen molar-refractivity contribution in [1.29, 1.82) is 0 Å². The Morgan fingerprint density at radius 2 is 1.94 bits per heavy atom. The summed E-state index contributed by atoms with van der Waals surface area (Å²) in [6.07, 6.45) is 3.51. The predicted molar refractivity (Wildman–Crippen MR) is 121 cm³/mol. The number of piperidine rings is 1. The normalized spacial score (nSPS) is 16.3. The summed E-state index contributed by atoms with van der Waals surface area (Å²) in [7, 11) is 1.67. The average molecular weight is 447 g/mol. The second-order valence-corrected chi connectivity index (χ2v) is 8.05. The van der Waals surface area contributed by atoms with Gasteiger partial charge in [0.05, 0.1) is 29.1 Å². The third-order valence-electron chi connectivity index (χ3n) is 6.00. The summed E-state index contributed by atoms with van der Waals surface area (Å²) in [6, 6.07) is 15.3. The van der Waals surface area contributed by atoms with Crippen molar-refractivity contribution in [2.24, 2.45) is 0 Å². The molecule has 33 heavy (non-hydrogen) atoms. The molecular formula is C24H22FN5O3. The van der Waals surface area contributed by atoms with Crippen LogP contribution in [-0.2, 0) is 4.74 Å². The number of para-hydroxylation sites is 1. The van der Waals surface area contributed by atoms with Gasteiger partial charge in [0, 0.05) is 31.1 Å². The Hall–Kier alpha value is -3.85. The molecule has 3 heterocycles. The van der Waals surface area contributed by atoms with Gasteiger partial charge in [0.2, 0.25) is 0 Å². The summed E-state index contributed by atoms with van der Waals surface area (Å²) >= 11 is 0. The summed E-state index contributed by atoms with van der Waals surface area (Å²) in [4.78, 5) is 27.3. The van der Waals surface area contributed by atoms with E-state index >= 15 is 0 Å². The summed E-state index contributed by atoms with van der Waals surface area (Å²) in [5.41, 5.74) is 1.02. The van der Waals surface area contributed by atoms with Crippen LogP contribution in [-0.4, -0.2) is 56.9 Å². The lowest BCUT2D eigenvalue weighted by atomic mass is 10.1. The van der Waals surface area contributed by atoms with E-state index in [0.717, 1.165) is 12.8 Å². The molecule has 1 aliphatic heterocycles. The monoisotopic (exact) mass is 447 g/mol. The first-order valence-electron chi connectivity index (χ1n) is 10.7. The number of aromatic nitrogens is 4. The molecule has 1 aliphatic rings. The summed E-state index contributed by atoms with van der Waals surface area (Å²) in [5.74, 6) is -0.0396. The molecule has 9 heteroatoms. The minimum absolute atomic E-state index is 0.0396. The molecule has 2 aromatic heterocycles. The first-order valence-corrected chi connectivity index (χ1v) is 10.7. The third kappa shape index (κ3) is 3.91. The van der Waals surface area contributed by atoms with E-state index in [0.29, 0.717) is 29.7 Å². The molecule has 0 radical (unpaired) electrons. The number of likely N-dealkylation sites (tertiary alicyclic amines) is 1. The number of nitrogens with zero attached hydrogens (tertiary/aromatic N) is 5. The molecule has 8 nitrogen and oxygen atoms in total. The zero-order chi connectivity index (χ0) is 22.9. The number of rotatable bonds is 4. The van der Waals surface area contributed by atoms with Gasteiger partial charge < -0.3 is 9.64 Å². The average Bonchev–Trinajstić information content (AvgIpc) is 3.36. The zero-order valence-electron chi connectivity index (χ0n) is 18.0. The Morgan fingerprint density at radius 3 is 2.73 bits per heavy atom. The highest BCUT2D eigenvalue weighted by Crippen LogP contribution is 2.21. The lowest BCUT2D eigenvalue weighted by molar-refractivity contribution is 0.0269. The highest BCUT2D eigenvalue weighted by atomic mass is 19.2. The Labute approximate surface area is 188 Å². The van der Waals surface area contributed by atoms with Crippen molar-refractivity contribution in [2.45, 2.75) is 18.9 Å². The van der Waals surface area contributed by atoms with Gasteiger partial charge in [-0.1, -0.05) is 27.9 Å². The molecule has 5 rings (SSSR count). The van der Waals surface area contributed by atoms with Crippen LogP contribution < -0.4 is 5.56 Å². The predicted octanol–water partition coefficient (Wildman–Crippen LogP) is 3.23. The van der Waals surface area contributed by atoms with Crippen molar-refractivity contribution in [3.05, 3.63) is 76.7 Å². The first kappa shape index (κ1) is 21.0. The number of carbonyl (C=O) groups excluding carboxylic acids is 1. The second kappa shape index (κ2) is 8.59. The van der Waals surface area contributed by atoms with E-state index in [4.69, 9.17) is 4.74 Å². The van der Waals surface area contributed by atoms with Crippen LogP contribution in [0, 0.1) is 0 Å². The van der Waals surface area contributed by atoms with Crippen molar-refractivity contribution in [2.75, 3.05) is 20.2 Å². The Morgan fingerprint density at radius 1 is 1.15 bits per heavy atom. The Kier molecular flexibility index (Phi) is 5.47. The fourth-order valence-electron chi connectivity index (χ4n) is 4.17. The zero-order valence-corrected chi connectivity index (χ0v) is 18.0. The van der Waals surface area contributed by atoms with Crippen LogP contribution in [0.5, 0.6) is 0 Å². The highest BCUT2D eigenvalue weighted by molar-refractivity contribution is 5.94. The van der Waals surface area contributed by atoms with Crippen LogP contribution in [0.15, 0.2) is 65.6 Å². The molecule has 1 saturated heterocycles. The maximum Gasteiger partial charge on any atom is 0.288 e. The molecule has 4 aromatic rings. The molecule has 1 amide bonds. The van der Waals surface area contributed by atoms with Crippen molar-refractivity contribution < 1.29 is 14.0 Å². The summed E-state index contributed by atoms with van der Waals surface area (Å²) in [5, 5.41) is 8.73. The maximum atomic E-state index is 14.5. The molecule has 0 aliphatic carbocycles. The van der Waals surface area contributed by atoms with E-state index in [-0.39, 0.29) is 33.6 Å². The van der Waals surface area contributed by atoms with E-state index in [1.165, 1.54) is 4.68 Å². The van der Waals surface area contributed by atoms with E-state index < -0.39 is 5.56 Å². The van der Waals surface area contributed by atoms with Crippen molar-refractivity contribution in [3.63, 3.8) is 0 Å². The van der Waals surface area contributed by atoms with Gasteiger partial charge in [0.1, 0.15) is 5.69 Å². The molecule has 1 atom stereocenters. The molecule has 168 valence electrons. The smallest absolute Gasteiger partial charge is 0.288 e. The number of benzene rings is 2. The van der Waals surface area contributed by atoms with E-state index in [1.807, 2.05) is 4.90 Å². The number of pyridine rings is 1. The number of hydrogen-bond acceptors (Lipinski definition) is 5. The quantitative estimate of drug-likeness (QED) is 0.480. The minimum Gasteiger partial charge on any atom is -0.380 e. The molecule has 1 fully saturated rings. The number of amides is 1. The first-order chi connectivity index (χ1) is 16.0. The third-order valence-corrected chi connectivity index (χ3v) is 6.00. The number of carbonyl (C=O) groups is 1. The fourth-order valence-corrected chi connectivity index (χ4v) is 4.17. The van der Waals surface area contributed by atoms with Gasteiger partial charge in [-0.15, -0.1) is 9.89 Å². The summed E-state index contributed by atoms with van der Waals surface area (Å²) in [6.45, 7) is 1.30. The Balaban J connectivity index is 1.40. The lowest BCUT2D eigenvalue weighted by Crippen LogP contribution is -2.42. The number of hydrogen-bond donors (Lipinski definition) is 0. The molecular weight excluding hydrogens is 425 g/mol. The molecule has 0 unspecified atom stereocenters. The number of methoxy groups -OCH3 is 1. The van der Waals surface area contributed by atoms with Gasteiger partial charge in [-0.25, -0.2) is 4.68 Å². The van der Waals surface area contributed by atoms with E-state index in [1.54, 1.807) is 67.9 Å². The molecule has 2 aromatic carbocycles. The topological polar surface area (TPSA) is 82.2 Å².